The fourth-order valence-electron chi connectivity index (χ4n) is 3.44. The number of rotatable bonds is 10. The van der Waals surface area contributed by atoms with Gasteiger partial charge in [0.2, 0.25) is 5.91 Å². The summed E-state index contributed by atoms with van der Waals surface area (Å²) in [4.78, 5) is 32.9. The van der Waals surface area contributed by atoms with E-state index in [0.29, 0.717) is 37.3 Å². The minimum Gasteiger partial charge on any atom is -0.494 e. The van der Waals surface area contributed by atoms with E-state index in [9.17, 15) is 9.59 Å². The van der Waals surface area contributed by atoms with Gasteiger partial charge in [0.15, 0.2) is 5.78 Å². The van der Waals surface area contributed by atoms with Gasteiger partial charge in [0.1, 0.15) is 23.6 Å². The molecule has 1 aliphatic rings. The molecule has 164 valence electrons. The van der Waals surface area contributed by atoms with E-state index in [0.717, 1.165) is 17.1 Å². The van der Waals surface area contributed by atoms with Gasteiger partial charge in [0.25, 0.3) is 0 Å². The quantitative estimate of drug-likeness (QED) is 0.480. The minimum absolute atomic E-state index is 0.0857. The summed E-state index contributed by atoms with van der Waals surface area (Å²) in [5.74, 6) is 2.04. The van der Waals surface area contributed by atoms with Gasteiger partial charge in [-0.15, -0.1) is 0 Å². The predicted molar refractivity (Wildman–Crippen MR) is 119 cm³/mol. The van der Waals surface area contributed by atoms with Crippen molar-refractivity contribution >= 4 is 11.7 Å². The summed E-state index contributed by atoms with van der Waals surface area (Å²) in [5.41, 5.74) is 0.787. The lowest BCUT2D eigenvalue weighted by Gasteiger charge is -2.15. The Morgan fingerprint density at radius 3 is 2.12 bits per heavy atom. The Kier molecular flexibility index (Phi) is 6.44. The molecular formula is C25H25N3O4. The molecule has 32 heavy (non-hydrogen) atoms. The highest BCUT2D eigenvalue weighted by molar-refractivity contribution is 6.00. The lowest BCUT2D eigenvalue weighted by atomic mass is 9.95. The fraction of sp³-hybridized carbons (Fsp3) is 0.280. The van der Waals surface area contributed by atoms with Crippen LogP contribution in [0.15, 0.2) is 67.3 Å². The van der Waals surface area contributed by atoms with E-state index < -0.39 is 5.41 Å². The van der Waals surface area contributed by atoms with Crippen molar-refractivity contribution in [2.75, 3.05) is 6.61 Å². The first kappa shape index (κ1) is 21.5. The lowest BCUT2D eigenvalue weighted by molar-refractivity contribution is -0.126. The number of benzene rings is 2. The van der Waals surface area contributed by atoms with Crippen LogP contribution in [-0.2, 0) is 11.3 Å². The average molecular weight is 431 g/mol. The number of aromatic nitrogens is 2. The Morgan fingerprint density at radius 2 is 1.53 bits per heavy atom. The minimum atomic E-state index is -0.608. The molecule has 2 aromatic carbocycles. The van der Waals surface area contributed by atoms with Crippen molar-refractivity contribution in [2.45, 2.75) is 32.7 Å². The highest BCUT2D eigenvalue weighted by Gasteiger charge is 2.50. The normalized spacial score (nSPS) is 13.8. The van der Waals surface area contributed by atoms with Crippen LogP contribution in [0.5, 0.6) is 17.2 Å². The third-order valence-corrected chi connectivity index (χ3v) is 5.46. The van der Waals surface area contributed by atoms with Gasteiger partial charge in [0.05, 0.1) is 17.6 Å². The maximum absolute atomic E-state index is 12.7. The molecule has 7 heteroatoms. The molecule has 1 aromatic heterocycles. The third-order valence-electron chi connectivity index (χ3n) is 5.46. The Balaban J connectivity index is 1.28. The van der Waals surface area contributed by atoms with Crippen LogP contribution in [0.1, 0.15) is 42.1 Å². The summed E-state index contributed by atoms with van der Waals surface area (Å²) >= 11 is 0. The number of nitrogens with zero attached hydrogens (tertiary/aromatic N) is 2. The number of nitrogens with one attached hydrogen (secondary N) is 1. The zero-order valence-electron chi connectivity index (χ0n) is 17.9. The summed E-state index contributed by atoms with van der Waals surface area (Å²) in [6.45, 7) is 2.96. The van der Waals surface area contributed by atoms with Crippen LogP contribution in [0.3, 0.4) is 0 Å². The predicted octanol–water partition coefficient (Wildman–Crippen LogP) is 4.34. The summed E-state index contributed by atoms with van der Waals surface area (Å²) in [7, 11) is 0. The van der Waals surface area contributed by atoms with Crippen molar-refractivity contribution in [3.63, 3.8) is 0 Å². The van der Waals surface area contributed by atoms with E-state index in [4.69, 9.17) is 9.47 Å². The first-order valence-electron chi connectivity index (χ1n) is 10.6. The molecule has 1 fully saturated rings. The van der Waals surface area contributed by atoms with Gasteiger partial charge in [0, 0.05) is 25.4 Å². The molecule has 1 aliphatic carbocycles. The van der Waals surface area contributed by atoms with Gasteiger partial charge in [-0.25, -0.2) is 9.97 Å². The molecule has 1 saturated carbocycles. The maximum Gasteiger partial charge on any atom is 0.226 e. The Bertz CT molecular complexity index is 1060. The van der Waals surface area contributed by atoms with Crippen molar-refractivity contribution in [3.05, 3.63) is 78.4 Å². The van der Waals surface area contributed by atoms with Gasteiger partial charge in [-0.3, -0.25) is 9.59 Å². The van der Waals surface area contributed by atoms with E-state index >= 15 is 0 Å². The topological polar surface area (TPSA) is 90.4 Å². The molecule has 4 rings (SSSR count). The monoisotopic (exact) mass is 431 g/mol. The van der Waals surface area contributed by atoms with Gasteiger partial charge in [-0.2, -0.15) is 0 Å². The molecule has 0 saturated heterocycles. The summed E-state index contributed by atoms with van der Waals surface area (Å²) in [6.07, 6.45) is 5.97. The Morgan fingerprint density at radius 1 is 0.938 bits per heavy atom. The van der Waals surface area contributed by atoms with Crippen LogP contribution < -0.4 is 14.8 Å². The zero-order chi connectivity index (χ0) is 22.4. The van der Waals surface area contributed by atoms with Crippen LogP contribution in [0.25, 0.3) is 0 Å². The molecule has 0 aliphatic heterocycles. The van der Waals surface area contributed by atoms with Crippen molar-refractivity contribution < 1.29 is 19.1 Å². The van der Waals surface area contributed by atoms with Gasteiger partial charge in [-0.1, -0.05) is 12.1 Å². The number of carbonyl (C=O) groups is 2. The van der Waals surface area contributed by atoms with Crippen molar-refractivity contribution in [2.24, 2.45) is 5.41 Å². The maximum atomic E-state index is 12.7. The number of ketones is 1. The Labute approximate surface area is 186 Å². The van der Waals surface area contributed by atoms with E-state index in [2.05, 4.69) is 15.3 Å². The first-order valence-corrected chi connectivity index (χ1v) is 10.6. The third kappa shape index (κ3) is 5.29. The number of Topliss-reactive ketones (excluding diaryl/α,β-unsaturated/α-hetero) is 1. The molecule has 0 bridgehead atoms. The second-order valence-corrected chi connectivity index (χ2v) is 7.84. The van der Waals surface area contributed by atoms with E-state index in [1.165, 1.54) is 18.7 Å². The van der Waals surface area contributed by atoms with E-state index in [1.54, 1.807) is 0 Å². The number of hydrogen-bond acceptors (Lipinski definition) is 6. The molecule has 3 aromatic rings. The van der Waals surface area contributed by atoms with Crippen LogP contribution in [0, 0.1) is 5.41 Å². The number of hydrogen-bond donors (Lipinski definition) is 1. The molecule has 7 nitrogen and oxygen atoms in total. The van der Waals surface area contributed by atoms with E-state index in [1.807, 2.05) is 55.5 Å². The second kappa shape index (κ2) is 9.60. The van der Waals surface area contributed by atoms with Gasteiger partial charge >= 0.3 is 0 Å². The average Bonchev–Trinajstić information content (AvgIpc) is 3.61. The largest absolute Gasteiger partial charge is 0.494 e. The molecule has 1 amide bonds. The highest BCUT2D eigenvalue weighted by atomic mass is 16.5. The molecule has 1 N–H and O–H groups in total. The first-order chi connectivity index (χ1) is 15.6. The SMILES string of the molecule is CCOc1ccc(Oc2ccc(CNC(=O)C3(CC(=O)c4cncnc4)CC3)cc2)cc1. The summed E-state index contributed by atoms with van der Waals surface area (Å²) in [5, 5.41) is 2.97. The molecule has 0 radical (unpaired) electrons. The molecule has 0 atom stereocenters. The van der Waals surface area contributed by atoms with Gasteiger partial charge in [-0.05, 0) is 61.7 Å². The van der Waals surface area contributed by atoms with Crippen molar-refractivity contribution in [1.82, 2.24) is 15.3 Å². The number of ether oxygens (including phenoxy) is 2. The molecular weight excluding hydrogens is 406 g/mol. The standard InChI is InChI=1S/C25H25N3O4/c1-2-31-20-7-9-22(10-8-20)32-21-5-3-18(4-6-21)14-28-24(30)25(11-12-25)13-23(29)19-15-26-17-27-16-19/h3-10,15-17H,2,11-14H2,1H3,(H,28,30). The second-order valence-electron chi connectivity index (χ2n) is 7.84. The summed E-state index contributed by atoms with van der Waals surface area (Å²) < 4.78 is 11.3. The van der Waals surface area contributed by atoms with Gasteiger partial charge < -0.3 is 14.8 Å². The smallest absolute Gasteiger partial charge is 0.226 e. The highest BCUT2D eigenvalue weighted by Crippen LogP contribution is 2.49. The summed E-state index contributed by atoms with van der Waals surface area (Å²) in [6, 6.07) is 15.0. The fourth-order valence-corrected chi connectivity index (χ4v) is 3.44. The molecule has 0 unspecified atom stereocenters. The van der Waals surface area contributed by atoms with Crippen LogP contribution >= 0.6 is 0 Å². The number of amides is 1. The van der Waals surface area contributed by atoms with Crippen molar-refractivity contribution in [3.8, 4) is 17.2 Å². The molecule has 1 heterocycles. The lowest BCUT2D eigenvalue weighted by Crippen LogP contribution is -2.33. The van der Waals surface area contributed by atoms with Crippen LogP contribution in [-0.4, -0.2) is 28.3 Å². The number of carbonyl (C=O) groups excluding carboxylic acids is 2. The van der Waals surface area contributed by atoms with Crippen molar-refractivity contribution in [1.29, 1.82) is 0 Å². The van der Waals surface area contributed by atoms with Crippen LogP contribution in [0.4, 0.5) is 0 Å². The van der Waals surface area contributed by atoms with E-state index in [-0.39, 0.29) is 18.1 Å². The molecule has 0 spiro atoms. The Hall–Kier alpha value is -3.74. The van der Waals surface area contributed by atoms with Crippen LogP contribution in [0.2, 0.25) is 0 Å². The zero-order valence-corrected chi connectivity index (χ0v) is 17.9.